The number of benzene rings is 2. The zero-order chi connectivity index (χ0) is 16.9. The van der Waals surface area contributed by atoms with Gasteiger partial charge < -0.3 is 14.8 Å². The maximum Gasteiger partial charge on any atom is 0.220 e. The molecule has 4 nitrogen and oxygen atoms in total. The average molecular weight is 325 g/mol. The fourth-order valence-electron chi connectivity index (χ4n) is 2.74. The second-order valence-corrected chi connectivity index (χ2v) is 6.18. The molecule has 3 rings (SSSR count). The zero-order valence-electron chi connectivity index (χ0n) is 14.2. The highest BCUT2D eigenvalue weighted by atomic mass is 16.6. The Balaban J connectivity index is 1.55. The van der Waals surface area contributed by atoms with Crippen LogP contribution in [0.1, 0.15) is 36.1 Å². The van der Waals surface area contributed by atoms with Crippen molar-refractivity contribution in [1.82, 2.24) is 5.32 Å². The normalized spacial score (nSPS) is 14.1. The monoisotopic (exact) mass is 325 g/mol. The Morgan fingerprint density at radius 1 is 1.08 bits per heavy atom. The third kappa shape index (κ3) is 4.07. The van der Waals surface area contributed by atoms with Crippen molar-refractivity contribution in [1.29, 1.82) is 0 Å². The van der Waals surface area contributed by atoms with E-state index in [1.807, 2.05) is 25.1 Å². The maximum atomic E-state index is 12.2. The predicted molar refractivity (Wildman–Crippen MR) is 93.5 cm³/mol. The van der Waals surface area contributed by atoms with Gasteiger partial charge in [0.25, 0.3) is 0 Å². The van der Waals surface area contributed by atoms with Crippen LogP contribution in [0.15, 0.2) is 42.5 Å². The number of nitrogens with one attached hydrogen (secondary N) is 1. The number of rotatable bonds is 5. The van der Waals surface area contributed by atoms with Gasteiger partial charge in [0.15, 0.2) is 11.5 Å². The Labute approximate surface area is 142 Å². The molecule has 24 heavy (non-hydrogen) atoms. The first-order valence-electron chi connectivity index (χ1n) is 8.36. The van der Waals surface area contributed by atoms with Crippen molar-refractivity contribution in [2.75, 3.05) is 13.2 Å². The minimum Gasteiger partial charge on any atom is -0.486 e. The largest absolute Gasteiger partial charge is 0.486 e. The van der Waals surface area contributed by atoms with E-state index >= 15 is 0 Å². The average Bonchev–Trinajstić information content (AvgIpc) is 2.61. The zero-order valence-corrected chi connectivity index (χ0v) is 14.2. The predicted octanol–water partition coefficient (Wildman–Crippen LogP) is 3.58. The number of hydrogen-bond donors (Lipinski definition) is 1. The van der Waals surface area contributed by atoms with Crippen LogP contribution in [0, 0.1) is 6.92 Å². The van der Waals surface area contributed by atoms with Gasteiger partial charge in [0.1, 0.15) is 13.2 Å². The SMILES string of the molecule is Cc1ccc(CCC(=O)N[C@@H](C)c2ccc3c(c2)OCCO3)cc1. The van der Waals surface area contributed by atoms with E-state index in [4.69, 9.17) is 9.47 Å². The first kappa shape index (κ1) is 16.4. The number of hydrogen-bond acceptors (Lipinski definition) is 3. The lowest BCUT2D eigenvalue weighted by atomic mass is 10.1. The molecule has 4 heteroatoms. The van der Waals surface area contributed by atoms with Gasteiger partial charge in [-0.3, -0.25) is 4.79 Å². The summed E-state index contributed by atoms with van der Waals surface area (Å²) in [6, 6.07) is 14.1. The first-order valence-corrected chi connectivity index (χ1v) is 8.36. The summed E-state index contributed by atoms with van der Waals surface area (Å²) in [5, 5.41) is 3.05. The molecule has 1 amide bonds. The summed E-state index contributed by atoms with van der Waals surface area (Å²) < 4.78 is 11.1. The van der Waals surface area contributed by atoms with Crippen molar-refractivity contribution in [2.45, 2.75) is 32.7 Å². The minimum absolute atomic E-state index is 0.0537. The lowest BCUT2D eigenvalue weighted by molar-refractivity contribution is -0.121. The Bertz CT molecular complexity index is 709. The highest BCUT2D eigenvalue weighted by Crippen LogP contribution is 2.32. The molecule has 2 aromatic carbocycles. The van der Waals surface area contributed by atoms with Gasteiger partial charge in [-0.2, -0.15) is 0 Å². The molecule has 0 aromatic heterocycles. The fraction of sp³-hybridized carbons (Fsp3) is 0.350. The molecule has 0 aliphatic carbocycles. The van der Waals surface area contributed by atoms with E-state index in [1.165, 1.54) is 11.1 Å². The number of carbonyl (C=O) groups is 1. The highest BCUT2D eigenvalue weighted by Gasteiger charge is 2.15. The summed E-state index contributed by atoms with van der Waals surface area (Å²) in [6.45, 7) is 5.19. The molecule has 0 saturated carbocycles. The highest BCUT2D eigenvalue weighted by molar-refractivity contribution is 5.76. The molecule has 1 heterocycles. The minimum atomic E-state index is -0.0636. The number of aryl methyl sites for hydroxylation is 2. The van der Waals surface area contributed by atoms with Crippen molar-refractivity contribution in [3.8, 4) is 11.5 Å². The third-order valence-electron chi connectivity index (χ3n) is 4.21. The van der Waals surface area contributed by atoms with Crippen LogP contribution >= 0.6 is 0 Å². The van der Waals surface area contributed by atoms with Gasteiger partial charge in [-0.1, -0.05) is 35.9 Å². The van der Waals surface area contributed by atoms with E-state index in [0.29, 0.717) is 19.6 Å². The molecule has 0 spiro atoms. The van der Waals surface area contributed by atoms with E-state index in [1.54, 1.807) is 0 Å². The second-order valence-electron chi connectivity index (χ2n) is 6.18. The van der Waals surface area contributed by atoms with Crippen LogP contribution in [0.25, 0.3) is 0 Å². The van der Waals surface area contributed by atoms with Crippen LogP contribution in [-0.4, -0.2) is 19.1 Å². The molecule has 1 N–H and O–H groups in total. The van der Waals surface area contributed by atoms with Crippen molar-refractivity contribution in [3.05, 3.63) is 59.2 Å². The number of carbonyl (C=O) groups excluding carboxylic acids is 1. The molecule has 1 atom stereocenters. The molecule has 1 aliphatic rings. The molecular weight excluding hydrogens is 302 g/mol. The van der Waals surface area contributed by atoms with E-state index < -0.39 is 0 Å². The van der Waals surface area contributed by atoms with Crippen molar-refractivity contribution >= 4 is 5.91 Å². The van der Waals surface area contributed by atoms with E-state index in [2.05, 4.69) is 36.5 Å². The van der Waals surface area contributed by atoms with Crippen molar-refractivity contribution in [2.24, 2.45) is 0 Å². The summed E-state index contributed by atoms with van der Waals surface area (Å²) >= 11 is 0. The molecule has 0 unspecified atom stereocenters. The Morgan fingerprint density at radius 3 is 2.54 bits per heavy atom. The van der Waals surface area contributed by atoms with Gasteiger partial charge >= 0.3 is 0 Å². The van der Waals surface area contributed by atoms with Crippen LogP contribution in [0.4, 0.5) is 0 Å². The van der Waals surface area contributed by atoms with Gasteiger partial charge in [-0.25, -0.2) is 0 Å². The number of fused-ring (bicyclic) bond motifs is 1. The lowest BCUT2D eigenvalue weighted by Gasteiger charge is -2.21. The quantitative estimate of drug-likeness (QED) is 0.914. The smallest absolute Gasteiger partial charge is 0.220 e. The van der Waals surface area contributed by atoms with Gasteiger partial charge in [0.05, 0.1) is 6.04 Å². The lowest BCUT2D eigenvalue weighted by Crippen LogP contribution is -2.27. The molecule has 0 saturated heterocycles. The summed E-state index contributed by atoms with van der Waals surface area (Å²) in [6.07, 6.45) is 1.23. The van der Waals surface area contributed by atoms with E-state index in [9.17, 15) is 4.79 Å². The summed E-state index contributed by atoms with van der Waals surface area (Å²) in [5.74, 6) is 1.57. The van der Waals surface area contributed by atoms with Crippen molar-refractivity contribution < 1.29 is 14.3 Å². The van der Waals surface area contributed by atoms with Crippen LogP contribution in [-0.2, 0) is 11.2 Å². The Morgan fingerprint density at radius 2 is 1.79 bits per heavy atom. The molecule has 0 bridgehead atoms. The van der Waals surface area contributed by atoms with Crippen LogP contribution in [0.3, 0.4) is 0 Å². The summed E-state index contributed by atoms with van der Waals surface area (Å²) in [4.78, 5) is 12.2. The summed E-state index contributed by atoms with van der Waals surface area (Å²) in [7, 11) is 0. The van der Waals surface area contributed by atoms with Gasteiger partial charge in [0, 0.05) is 6.42 Å². The second kappa shape index (κ2) is 7.39. The maximum absolute atomic E-state index is 12.2. The molecule has 2 aromatic rings. The standard InChI is InChI=1S/C20H23NO3/c1-14-3-5-16(6-4-14)7-10-20(22)21-15(2)17-8-9-18-19(13-17)24-12-11-23-18/h3-6,8-9,13,15H,7,10-12H2,1-2H3,(H,21,22)/t15-/m0/s1. The Kier molecular flexibility index (Phi) is 5.04. The van der Waals surface area contributed by atoms with Gasteiger partial charge in [0.2, 0.25) is 5.91 Å². The molecule has 126 valence electrons. The van der Waals surface area contributed by atoms with Crippen LogP contribution in [0.2, 0.25) is 0 Å². The first-order chi connectivity index (χ1) is 11.6. The Hall–Kier alpha value is -2.49. The van der Waals surface area contributed by atoms with Crippen molar-refractivity contribution in [3.63, 3.8) is 0 Å². The van der Waals surface area contributed by atoms with Crippen LogP contribution in [0.5, 0.6) is 11.5 Å². The number of ether oxygens (including phenoxy) is 2. The summed E-state index contributed by atoms with van der Waals surface area (Å²) in [5.41, 5.74) is 3.43. The molecule has 0 radical (unpaired) electrons. The van der Waals surface area contributed by atoms with E-state index in [-0.39, 0.29) is 11.9 Å². The molecular formula is C20H23NO3. The molecule has 1 aliphatic heterocycles. The van der Waals surface area contributed by atoms with Gasteiger partial charge in [-0.15, -0.1) is 0 Å². The topological polar surface area (TPSA) is 47.6 Å². The van der Waals surface area contributed by atoms with Gasteiger partial charge in [-0.05, 0) is 43.5 Å². The fourth-order valence-corrected chi connectivity index (χ4v) is 2.74. The third-order valence-corrected chi connectivity index (χ3v) is 4.21. The van der Waals surface area contributed by atoms with E-state index in [0.717, 1.165) is 23.5 Å². The van der Waals surface area contributed by atoms with Crippen LogP contribution < -0.4 is 14.8 Å². The molecule has 0 fully saturated rings. The number of amides is 1.